The average Bonchev–Trinajstić information content (AvgIpc) is 2.53. The first-order valence-electron chi connectivity index (χ1n) is 3.74. The summed E-state index contributed by atoms with van der Waals surface area (Å²) < 4.78 is 5.29. The summed E-state index contributed by atoms with van der Waals surface area (Å²) in [5, 5.41) is 9.54. The number of hydrogen-bond acceptors (Lipinski definition) is 3. The Morgan fingerprint density at radius 3 is 3.00 bits per heavy atom. The first-order valence-corrected chi connectivity index (χ1v) is 3.74. The van der Waals surface area contributed by atoms with Gasteiger partial charge < -0.3 is 20.2 Å². The van der Waals surface area contributed by atoms with Crippen LogP contribution in [-0.4, -0.2) is 10.1 Å². The number of aromatic hydroxyl groups is 1. The van der Waals surface area contributed by atoms with Crippen LogP contribution in [0.2, 0.25) is 0 Å². The molecule has 4 N–H and O–H groups in total. The molecular formula is C8H10N2O2. The van der Waals surface area contributed by atoms with E-state index in [1.807, 2.05) is 0 Å². The molecular weight excluding hydrogens is 156 g/mol. The van der Waals surface area contributed by atoms with E-state index < -0.39 is 0 Å². The van der Waals surface area contributed by atoms with Gasteiger partial charge in [-0.2, -0.15) is 0 Å². The molecule has 0 spiro atoms. The molecule has 1 unspecified atom stereocenters. The Kier molecular flexibility index (Phi) is 1.38. The van der Waals surface area contributed by atoms with E-state index in [9.17, 15) is 5.11 Å². The Morgan fingerprint density at radius 1 is 1.67 bits per heavy atom. The number of nitrogens with one attached hydrogen (secondary N) is 1. The van der Waals surface area contributed by atoms with Crippen molar-refractivity contribution in [2.75, 3.05) is 0 Å². The van der Waals surface area contributed by atoms with E-state index in [-0.39, 0.29) is 11.8 Å². The van der Waals surface area contributed by atoms with E-state index in [0.717, 1.165) is 0 Å². The zero-order valence-electron chi connectivity index (χ0n) is 6.66. The maximum absolute atomic E-state index is 9.54. The standard InChI is InChI=1S/C8H10N2O2/c1-4(9)8-7(11)6-5(12-8)2-3-10-6/h2-4,10-11H,9H2,1H3. The molecule has 0 saturated carbocycles. The molecule has 0 bridgehead atoms. The number of rotatable bonds is 1. The molecule has 64 valence electrons. The van der Waals surface area contributed by atoms with Crippen LogP contribution in [-0.2, 0) is 0 Å². The number of fused-ring (bicyclic) bond motifs is 1. The van der Waals surface area contributed by atoms with Crippen LogP contribution < -0.4 is 5.73 Å². The Balaban J connectivity index is 2.70. The Hall–Kier alpha value is -1.42. The van der Waals surface area contributed by atoms with E-state index in [1.165, 1.54) is 0 Å². The van der Waals surface area contributed by atoms with E-state index in [0.29, 0.717) is 16.9 Å². The molecule has 2 heterocycles. The summed E-state index contributed by atoms with van der Waals surface area (Å²) in [5.74, 6) is 0.543. The largest absolute Gasteiger partial charge is 0.503 e. The van der Waals surface area contributed by atoms with Crippen LogP contribution in [0.1, 0.15) is 18.7 Å². The summed E-state index contributed by atoms with van der Waals surface area (Å²) in [6.45, 7) is 1.76. The smallest absolute Gasteiger partial charge is 0.183 e. The van der Waals surface area contributed by atoms with Crippen molar-refractivity contribution in [3.8, 4) is 5.75 Å². The average molecular weight is 166 g/mol. The molecule has 0 fully saturated rings. The molecule has 0 aromatic carbocycles. The minimum Gasteiger partial charge on any atom is -0.503 e. The molecule has 2 rings (SSSR count). The molecule has 1 atom stereocenters. The van der Waals surface area contributed by atoms with Crippen LogP contribution in [0.5, 0.6) is 5.75 Å². The SMILES string of the molecule is CC(N)c1oc2cc[nH]c2c1O. The fraction of sp³-hybridized carbons (Fsp3) is 0.250. The number of H-pyrrole nitrogens is 1. The summed E-state index contributed by atoms with van der Waals surface area (Å²) >= 11 is 0. The Labute approximate surface area is 69.0 Å². The number of nitrogens with two attached hydrogens (primary N) is 1. The third kappa shape index (κ3) is 0.816. The van der Waals surface area contributed by atoms with Crippen molar-refractivity contribution in [3.63, 3.8) is 0 Å². The molecule has 2 aromatic heterocycles. The highest BCUT2D eigenvalue weighted by Gasteiger charge is 2.16. The Bertz CT molecular complexity index is 400. The molecule has 0 amide bonds. The van der Waals surface area contributed by atoms with Crippen molar-refractivity contribution in [1.82, 2.24) is 4.98 Å². The second-order valence-electron chi connectivity index (χ2n) is 2.82. The lowest BCUT2D eigenvalue weighted by Gasteiger charge is -1.99. The molecule has 12 heavy (non-hydrogen) atoms. The fourth-order valence-electron chi connectivity index (χ4n) is 1.22. The minimum atomic E-state index is -0.286. The van der Waals surface area contributed by atoms with Crippen molar-refractivity contribution in [2.45, 2.75) is 13.0 Å². The van der Waals surface area contributed by atoms with Crippen molar-refractivity contribution >= 4 is 11.1 Å². The van der Waals surface area contributed by atoms with Gasteiger partial charge in [0, 0.05) is 6.20 Å². The van der Waals surface area contributed by atoms with Gasteiger partial charge in [-0.1, -0.05) is 0 Å². The maximum Gasteiger partial charge on any atom is 0.183 e. The number of hydrogen-bond donors (Lipinski definition) is 3. The van der Waals surface area contributed by atoms with Crippen molar-refractivity contribution in [3.05, 3.63) is 18.0 Å². The normalized spacial score (nSPS) is 13.8. The molecule has 4 nitrogen and oxygen atoms in total. The highest BCUT2D eigenvalue weighted by atomic mass is 16.4. The van der Waals surface area contributed by atoms with Crippen molar-refractivity contribution in [2.24, 2.45) is 5.73 Å². The van der Waals surface area contributed by atoms with Crippen molar-refractivity contribution in [1.29, 1.82) is 0 Å². The van der Waals surface area contributed by atoms with Crippen molar-refractivity contribution < 1.29 is 9.52 Å². The summed E-state index contributed by atoms with van der Waals surface area (Å²) in [6.07, 6.45) is 1.71. The monoisotopic (exact) mass is 166 g/mol. The molecule has 0 radical (unpaired) electrons. The Morgan fingerprint density at radius 2 is 2.42 bits per heavy atom. The minimum absolute atomic E-state index is 0.116. The van der Waals surface area contributed by atoms with Gasteiger partial charge in [-0.3, -0.25) is 0 Å². The summed E-state index contributed by atoms with van der Waals surface area (Å²) in [6, 6.07) is 1.46. The maximum atomic E-state index is 9.54. The zero-order valence-corrected chi connectivity index (χ0v) is 6.66. The lowest BCUT2D eigenvalue weighted by molar-refractivity contribution is 0.425. The first-order chi connectivity index (χ1) is 5.70. The van der Waals surface area contributed by atoms with Gasteiger partial charge in [0.05, 0.1) is 6.04 Å². The van der Waals surface area contributed by atoms with Gasteiger partial charge in [-0.15, -0.1) is 0 Å². The predicted octanol–water partition coefficient (Wildman–Crippen LogP) is 1.49. The van der Waals surface area contributed by atoms with E-state index >= 15 is 0 Å². The molecule has 2 aromatic rings. The first kappa shape index (κ1) is 7.24. The quantitative estimate of drug-likeness (QED) is 0.600. The third-order valence-corrected chi connectivity index (χ3v) is 1.81. The lowest BCUT2D eigenvalue weighted by atomic mass is 10.2. The highest BCUT2D eigenvalue weighted by Crippen LogP contribution is 2.33. The van der Waals surface area contributed by atoms with E-state index in [2.05, 4.69) is 4.98 Å². The lowest BCUT2D eigenvalue weighted by Crippen LogP contribution is -2.03. The number of aromatic nitrogens is 1. The fourth-order valence-corrected chi connectivity index (χ4v) is 1.22. The van der Waals surface area contributed by atoms with Crippen LogP contribution in [0.15, 0.2) is 16.7 Å². The summed E-state index contributed by atoms with van der Waals surface area (Å²) in [4.78, 5) is 2.86. The third-order valence-electron chi connectivity index (χ3n) is 1.81. The highest BCUT2D eigenvalue weighted by molar-refractivity contribution is 5.81. The molecule has 0 saturated heterocycles. The van der Waals surface area contributed by atoms with Gasteiger partial charge >= 0.3 is 0 Å². The summed E-state index contributed by atoms with van der Waals surface area (Å²) in [7, 11) is 0. The molecule has 0 aliphatic rings. The van der Waals surface area contributed by atoms with E-state index in [1.54, 1.807) is 19.2 Å². The van der Waals surface area contributed by atoms with Crippen LogP contribution in [0, 0.1) is 0 Å². The number of aromatic amines is 1. The van der Waals surface area contributed by atoms with Gasteiger partial charge in [-0.05, 0) is 13.0 Å². The van der Waals surface area contributed by atoms with Gasteiger partial charge in [0.15, 0.2) is 17.1 Å². The molecule has 0 aliphatic carbocycles. The van der Waals surface area contributed by atoms with E-state index in [4.69, 9.17) is 10.2 Å². The van der Waals surface area contributed by atoms with Gasteiger partial charge in [0.2, 0.25) is 0 Å². The van der Waals surface area contributed by atoms with Gasteiger partial charge in [0.25, 0.3) is 0 Å². The second kappa shape index (κ2) is 2.28. The predicted molar refractivity (Wildman–Crippen MR) is 44.8 cm³/mol. The molecule has 4 heteroatoms. The van der Waals surface area contributed by atoms with Crippen LogP contribution in [0.25, 0.3) is 11.1 Å². The van der Waals surface area contributed by atoms with Crippen LogP contribution in [0.4, 0.5) is 0 Å². The summed E-state index contributed by atoms with van der Waals surface area (Å²) in [5.41, 5.74) is 6.82. The molecule has 0 aliphatic heterocycles. The van der Waals surface area contributed by atoms with Crippen LogP contribution >= 0.6 is 0 Å². The topological polar surface area (TPSA) is 75.2 Å². The van der Waals surface area contributed by atoms with Gasteiger partial charge in [-0.25, -0.2) is 0 Å². The zero-order chi connectivity index (χ0) is 8.72. The number of furan rings is 1. The second-order valence-corrected chi connectivity index (χ2v) is 2.82. The van der Waals surface area contributed by atoms with Gasteiger partial charge in [0.1, 0.15) is 5.52 Å². The van der Waals surface area contributed by atoms with Crippen LogP contribution in [0.3, 0.4) is 0 Å².